The van der Waals surface area contributed by atoms with E-state index in [1.165, 1.54) is 18.2 Å². The first-order valence-corrected chi connectivity index (χ1v) is 3.77. The number of carboxylic acids is 1. The Kier molecular flexibility index (Phi) is 3.00. The zero-order valence-corrected chi connectivity index (χ0v) is 6.79. The van der Waals surface area contributed by atoms with Crippen molar-refractivity contribution in [2.24, 2.45) is 0 Å². The Morgan fingerprint density at radius 2 is 2.08 bits per heavy atom. The number of aliphatic carboxylic acids is 1. The maximum atomic E-state index is 10.1. The maximum absolute atomic E-state index is 10.1. The number of carboxylic acid groups (broad SMARTS) is 1. The molecule has 0 bridgehead atoms. The highest BCUT2D eigenvalue weighted by molar-refractivity contribution is 5.80. The molecule has 0 heterocycles. The van der Waals surface area contributed by atoms with Crippen molar-refractivity contribution in [1.29, 1.82) is 0 Å². The van der Waals surface area contributed by atoms with Crippen LogP contribution in [0, 0.1) is 0 Å². The zero-order chi connectivity index (χ0) is 9.84. The summed E-state index contributed by atoms with van der Waals surface area (Å²) in [5.41, 5.74) is 0.570. The third kappa shape index (κ3) is 2.85. The molecular weight excluding hydrogens is 172 g/mol. The molecule has 0 aromatic carbocycles. The van der Waals surface area contributed by atoms with Gasteiger partial charge < -0.3 is 15.3 Å². The molecule has 1 aliphatic rings. The van der Waals surface area contributed by atoms with E-state index in [0.717, 1.165) is 6.08 Å². The van der Waals surface area contributed by atoms with Gasteiger partial charge >= 0.3 is 5.97 Å². The molecule has 1 rings (SSSR count). The van der Waals surface area contributed by atoms with Crippen LogP contribution in [-0.2, 0) is 4.79 Å². The first-order chi connectivity index (χ1) is 6.09. The fraction of sp³-hybridized carbons (Fsp3) is 0.222. The second-order valence-corrected chi connectivity index (χ2v) is 2.68. The normalized spacial score (nSPS) is 27.7. The van der Waals surface area contributed by atoms with Gasteiger partial charge in [-0.25, -0.2) is 4.79 Å². The van der Waals surface area contributed by atoms with Gasteiger partial charge in [-0.3, -0.25) is 0 Å². The highest BCUT2D eigenvalue weighted by Crippen LogP contribution is 2.11. The van der Waals surface area contributed by atoms with Crippen LogP contribution in [0.25, 0.3) is 0 Å². The largest absolute Gasteiger partial charge is 0.478 e. The number of allylic oxidation sites excluding steroid dienone is 3. The van der Waals surface area contributed by atoms with Crippen LogP contribution in [0.4, 0.5) is 0 Å². The van der Waals surface area contributed by atoms with E-state index < -0.39 is 18.2 Å². The molecule has 0 aliphatic heterocycles. The summed E-state index contributed by atoms with van der Waals surface area (Å²) in [6.45, 7) is 0. The molecule has 70 valence electrons. The number of hydrogen-bond acceptors (Lipinski definition) is 3. The predicted octanol–water partition coefficient (Wildman–Crippen LogP) is -0.155. The molecule has 0 aromatic heterocycles. The van der Waals surface area contributed by atoms with Crippen LogP contribution in [-0.4, -0.2) is 33.5 Å². The summed E-state index contributed by atoms with van der Waals surface area (Å²) in [5.74, 6) is -1.05. The molecule has 2 unspecified atom stereocenters. The third-order valence-corrected chi connectivity index (χ3v) is 1.62. The van der Waals surface area contributed by atoms with Gasteiger partial charge in [-0.05, 0) is 17.7 Å². The lowest BCUT2D eigenvalue weighted by Crippen LogP contribution is -2.23. The van der Waals surface area contributed by atoms with Crippen molar-refractivity contribution in [3.8, 4) is 0 Å². The van der Waals surface area contributed by atoms with Crippen molar-refractivity contribution >= 4 is 5.97 Å². The van der Waals surface area contributed by atoms with Crippen LogP contribution < -0.4 is 0 Å². The van der Waals surface area contributed by atoms with Crippen molar-refractivity contribution in [2.75, 3.05) is 0 Å². The Balaban J connectivity index is 2.68. The Labute approximate surface area is 75.1 Å². The Hall–Kier alpha value is -1.39. The highest BCUT2D eigenvalue weighted by atomic mass is 16.4. The molecule has 0 radical (unpaired) electrons. The molecule has 4 heteroatoms. The van der Waals surface area contributed by atoms with Crippen molar-refractivity contribution in [2.45, 2.75) is 12.2 Å². The van der Waals surface area contributed by atoms with Gasteiger partial charge in [-0.15, -0.1) is 0 Å². The molecule has 0 amide bonds. The van der Waals surface area contributed by atoms with Gasteiger partial charge in [0.25, 0.3) is 0 Å². The van der Waals surface area contributed by atoms with Gasteiger partial charge in [0.05, 0.1) is 0 Å². The Morgan fingerprint density at radius 3 is 2.62 bits per heavy atom. The summed E-state index contributed by atoms with van der Waals surface area (Å²) in [6, 6.07) is 0. The van der Waals surface area contributed by atoms with Crippen LogP contribution >= 0.6 is 0 Å². The lowest BCUT2D eigenvalue weighted by molar-refractivity contribution is -0.131. The number of aliphatic hydroxyl groups excluding tert-OH is 2. The molecule has 0 spiro atoms. The molecule has 0 saturated heterocycles. The lowest BCUT2D eigenvalue weighted by Gasteiger charge is -2.15. The second kappa shape index (κ2) is 4.02. The van der Waals surface area contributed by atoms with E-state index in [-0.39, 0.29) is 0 Å². The van der Waals surface area contributed by atoms with Crippen molar-refractivity contribution in [3.63, 3.8) is 0 Å². The lowest BCUT2D eigenvalue weighted by atomic mass is 10.0. The van der Waals surface area contributed by atoms with Gasteiger partial charge in [0, 0.05) is 6.08 Å². The highest BCUT2D eigenvalue weighted by Gasteiger charge is 2.13. The van der Waals surface area contributed by atoms with E-state index in [4.69, 9.17) is 15.3 Å². The maximum Gasteiger partial charge on any atom is 0.328 e. The summed E-state index contributed by atoms with van der Waals surface area (Å²) in [6.07, 6.45) is 4.82. The predicted molar refractivity (Wildman–Crippen MR) is 46.0 cm³/mol. The van der Waals surface area contributed by atoms with E-state index in [0.29, 0.717) is 5.57 Å². The minimum Gasteiger partial charge on any atom is -0.478 e. The fourth-order valence-electron chi connectivity index (χ4n) is 0.953. The van der Waals surface area contributed by atoms with Gasteiger partial charge in [-0.1, -0.05) is 12.2 Å². The van der Waals surface area contributed by atoms with Crippen molar-refractivity contribution < 1.29 is 20.1 Å². The average Bonchev–Trinajstić information content (AvgIpc) is 2.07. The van der Waals surface area contributed by atoms with E-state index >= 15 is 0 Å². The third-order valence-electron chi connectivity index (χ3n) is 1.62. The van der Waals surface area contributed by atoms with Gasteiger partial charge in [0.1, 0.15) is 12.2 Å². The summed E-state index contributed by atoms with van der Waals surface area (Å²) in [5, 5.41) is 26.5. The Morgan fingerprint density at radius 1 is 1.38 bits per heavy atom. The molecule has 0 aromatic rings. The van der Waals surface area contributed by atoms with Crippen LogP contribution in [0.15, 0.2) is 36.0 Å². The van der Waals surface area contributed by atoms with E-state index in [1.807, 2.05) is 0 Å². The van der Waals surface area contributed by atoms with E-state index in [9.17, 15) is 4.79 Å². The first-order valence-electron chi connectivity index (χ1n) is 3.77. The molecule has 3 N–H and O–H groups in total. The minimum atomic E-state index is -1.05. The van der Waals surface area contributed by atoms with Crippen molar-refractivity contribution in [1.82, 2.24) is 0 Å². The number of carbonyl (C=O) groups is 1. The molecule has 13 heavy (non-hydrogen) atoms. The minimum absolute atomic E-state index is 0.570. The SMILES string of the molecule is O=C(O)/C=C/C1=CC(O)C(O)C=C1. The van der Waals surface area contributed by atoms with Crippen molar-refractivity contribution in [3.05, 3.63) is 36.0 Å². The van der Waals surface area contributed by atoms with E-state index in [1.54, 1.807) is 6.08 Å². The first kappa shape index (κ1) is 9.70. The van der Waals surface area contributed by atoms with Crippen LogP contribution in [0.3, 0.4) is 0 Å². The number of aliphatic hydroxyl groups is 2. The second-order valence-electron chi connectivity index (χ2n) is 2.68. The monoisotopic (exact) mass is 182 g/mol. The number of rotatable bonds is 2. The molecule has 4 nitrogen and oxygen atoms in total. The molecule has 0 fully saturated rings. The fourth-order valence-corrected chi connectivity index (χ4v) is 0.953. The zero-order valence-electron chi connectivity index (χ0n) is 6.79. The van der Waals surface area contributed by atoms with Gasteiger partial charge in [0.15, 0.2) is 0 Å². The molecular formula is C9H10O4. The van der Waals surface area contributed by atoms with Gasteiger partial charge in [0.2, 0.25) is 0 Å². The number of hydrogen-bond donors (Lipinski definition) is 3. The van der Waals surface area contributed by atoms with E-state index in [2.05, 4.69) is 0 Å². The summed E-state index contributed by atoms with van der Waals surface area (Å²) in [4.78, 5) is 10.1. The van der Waals surface area contributed by atoms with Crippen LogP contribution in [0.2, 0.25) is 0 Å². The smallest absolute Gasteiger partial charge is 0.328 e. The molecule has 2 atom stereocenters. The average molecular weight is 182 g/mol. The summed E-state index contributed by atoms with van der Waals surface area (Å²) >= 11 is 0. The molecule has 1 aliphatic carbocycles. The van der Waals surface area contributed by atoms with Gasteiger partial charge in [-0.2, -0.15) is 0 Å². The summed E-state index contributed by atoms with van der Waals surface area (Å²) < 4.78 is 0. The molecule has 0 saturated carbocycles. The Bertz CT molecular complexity index is 288. The summed E-state index contributed by atoms with van der Waals surface area (Å²) in [7, 11) is 0. The van der Waals surface area contributed by atoms with Crippen LogP contribution in [0.1, 0.15) is 0 Å². The quantitative estimate of drug-likeness (QED) is 0.519. The standard InChI is InChI=1S/C9H10O4/c10-7-3-1-6(5-8(7)11)2-4-9(12)13/h1-5,7-8,10-11H,(H,12,13)/b4-2+. The van der Waals surface area contributed by atoms with Crippen LogP contribution in [0.5, 0.6) is 0 Å². The topological polar surface area (TPSA) is 77.8 Å².